The Hall–Kier alpha value is -1.65. The van der Waals surface area contributed by atoms with Crippen LogP contribution in [-0.4, -0.2) is 17.6 Å². The van der Waals surface area contributed by atoms with Gasteiger partial charge in [-0.2, -0.15) is 0 Å². The second-order valence-electron chi connectivity index (χ2n) is 5.58. The zero-order chi connectivity index (χ0) is 15.3. The molecule has 3 nitrogen and oxygen atoms in total. The maximum absolute atomic E-state index is 12.3. The Kier molecular flexibility index (Phi) is 5.15. The predicted molar refractivity (Wildman–Crippen MR) is 86.4 cm³/mol. The lowest BCUT2D eigenvalue weighted by Gasteiger charge is -2.22. The van der Waals surface area contributed by atoms with Gasteiger partial charge in [-0.3, -0.25) is 4.79 Å². The number of aliphatic hydroxyl groups excluding tert-OH is 1. The van der Waals surface area contributed by atoms with Crippen LogP contribution in [0.25, 0.3) is 0 Å². The molecule has 0 atom stereocenters. The minimum atomic E-state index is -0.491. The average molecular weight is 303 g/mol. The molecule has 2 aromatic rings. The van der Waals surface area contributed by atoms with Crippen molar-refractivity contribution in [2.45, 2.75) is 32.3 Å². The second kappa shape index (κ2) is 6.87. The van der Waals surface area contributed by atoms with Gasteiger partial charge in [0.15, 0.2) is 0 Å². The van der Waals surface area contributed by atoms with E-state index in [0.717, 1.165) is 22.4 Å². The molecule has 0 radical (unpaired) electrons. The summed E-state index contributed by atoms with van der Waals surface area (Å²) in [5.74, 6) is 0.0527. The highest BCUT2D eigenvalue weighted by Gasteiger charge is 2.30. The molecule has 1 heterocycles. The first-order valence-electron chi connectivity index (χ1n) is 7.05. The van der Waals surface area contributed by atoms with Crippen LogP contribution < -0.4 is 5.32 Å². The number of benzene rings is 1. The molecule has 2 rings (SSSR count). The molecular weight excluding hydrogens is 282 g/mol. The number of nitrogens with one attached hydrogen (secondary N) is 1. The molecule has 0 unspecified atom stereocenters. The van der Waals surface area contributed by atoms with Gasteiger partial charge in [0.25, 0.3) is 0 Å². The van der Waals surface area contributed by atoms with Gasteiger partial charge in [0.2, 0.25) is 5.91 Å². The molecule has 0 aliphatic heterocycles. The van der Waals surface area contributed by atoms with E-state index in [-0.39, 0.29) is 12.5 Å². The number of carbonyl (C=O) groups excluding carboxylic acids is 1. The van der Waals surface area contributed by atoms with Crippen molar-refractivity contribution >= 4 is 17.2 Å². The summed E-state index contributed by atoms with van der Waals surface area (Å²) in [6.07, 6.45) is 0.790. The summed E-state index contributed by atoms with van der Waals surface area (Å²) in [6.45, 7) is 4.58. The fraction of sp³-hybridized carbons (Fsp3) is 0.353. The molecule has 21 heavy (non-hydrogen) atoms. The summed E-state index contributed by atoms with van der Waals surface area (Å²) >= 11 is 1.61. The lowest BCUT2D eigenvalue weighted by molar-refractivity contribution is -0.125. The first kappa shape index (κ1) is 15.7. The van der Waals surface area contributed by atoms with Gasteiger partial charge in [-0.15, -0.1) is 11.3 Å². The van der Waals surface area contributed by atoms with E-state index in [0.29, 0.717) is 6.54 Å². The highest BCUT2D eigenvalue weighted by Crippen LogP contribution is 2.27. The van der Waals surface area contributed by atoms with Gasteiger partial charge in [0.05, 0.1) is 12.0 Å². The summed E-state index contributed by atoms with van der Waals surface area (Å²) in [5, 5.41) is 14.0. The van der Waals surface area contributed by atoms with E-state index in [1.54, 1.807) is 11.3 Å². The van der Waals surface area contributed by atoms with Gasteiger partial charge < -0.3 is 10.4 Å². The van der Waals surface area contributed by atoms with E-state index in [2.05, 4.69) is 5.32 Å². The summed E-state index contributed by atoms with van der Waals surface area (Å²) in [4.78, 5) is 13.4. The third kappa shape index (κ3) is 3.93. The number of aliphatic hydroxyl groups is 1. The number of hydrogen-bond acceptors (Lipinski definition) is 3. The maximum atomic E-state index is 12.3. The number of carbonyl (C=O) groups is 1. The van der Waals surface area contributed by atoms with Crippen LogP contribution in [0.3, 0.4) is 0 Å². The predicted octanol–water partition coefficient (Wildman–Crippen LogP) is 2.88. The zero-order valence-corrected chi connectivity index (χ0v) is 13.2. The molecule has 4 heteroatoms. The Labute approximate surface area is 129 Å². The Morgan fingerprint density at radius 2 is 1.86 bits per heavy atom. The first-order chi connectivity index (χ1) is 10.0. The summed E-state index contributed by atoms with van der Waals surface area (Å²) < 4.78 is 0. The van der Waals surface area contributed by atoms with Gasteiger partial charge >= 0.3 is 0 Å². The molecule has 2 N–H and O–H groups in total. The van der Waals surface area contributed by atoms with Crippen LogP contribution in [0.4, 0.5) is 0 Å². The van der Waals surface area contributed by atoms with Gasteiger partial charge in [0.1, 0.15) is 0 Å². The van der Waals surface area contributed by atoms with E-state index < -0.39 is 5.41 Å². The Morgan fingerprint density at radius 3 is 2.43 bits per heavy atom. The monoisotopic (exact) mass is 303 g/mol. The van der Waals surface area contributed by atoms with Gasteiger partial charge in [0, 0.05) is 11.4 Å². The molecule has 0 spiro atoms. The van der Waals surface area contributed by atoms with E-state index in [1.807, 2.05) is 55.6 Å². The highest BCUT2D eigenvalue weighted by atomic mass is 32.1. The quantitative estimate of drug-likeness (QED) is 0.862. The summed E-state index contributed by atoms with van der Waals surface area (Å²) in [6, 6.07) is 11.8. The molecule has 0 saturated carbocycles. The Bertz CT molecular complexity index is 573. The van der Waals surface area contributed by atoms with Crippen molar-refractivity contribution < 1.29 is 9.90 Å². The van der Waals surface area contributed by atoms with Crippen molar-refractivity contribution in [1.82, 2.24) is 5.32 Å². The zero-order valence-electron chi connectivity index (χ0n) is 12.4. The smallest absolute Gasteiger partial charge is 0.230 e. The number of rotatable bonds is 6. The lowest BCUT2D eigenvalue weighted by Crippen LogP contribution is -2.40. The number of amides is 1. The van der Waals surface area contributed by atoms with Crippen LogP contribution >= 0.6 is 11.3 Å². The molecule has 0 aliphatic carbocycles. The normalized spacial score (nSPS) is 11.4. The van der Waals surface area contributed by atoms with Crippen LogP contribution in [0, 0.1) is 0 Å². The molecule has 0 saturated heterocycles. The van der Waals surface area contributed by atoms with Gasteiger partial charge in [-0.1, -0.05) is 30.3 Å². The molecule has 0 aliphatic rings. The van der Waals surface area contributed by atoms with E-state index in [9.17, 15) is 4.79 Å². The third-order valence-corrected chi connectivity index (χ3v) is 4.80. The maximum Gasteiger partial charge on any atom is 0.230 e. The first-order valence-corrected chi connectivity index (χ1v) is 7.93. The SMILES string of the molecule is CC(C)(C(=O)NCCc1ccc(CO)cc1)c1cccs1. The van der Waals surface area contributed by atoms with Crippen LogP contribution in [0.5, 0.6) is 0 Å². The van der Waals surface area contributed by atoms with Crippen LogP contribution in [0.2, 0.25) is 0 Å². The van der Waals surface area contributed by atoms with Crippen molar-refractivity contribution in [1.29, 1.82) is 0 Å². The Morgan fingerprint density at radius 1 is 1.19 bits per heavy atom. The highest BCUT2D eigenvalue weighted by molar-refractivity contribution is 7.10. The lowest BCUT2D eigenvalue weighted by atomic mass is 9.90. The van der Waals surface area contributed by atoms with Crippen molar-refractivity contribution in [2.24, 2.45) is 0 Å². The van der Waals surface area contributed by atoms with Gasteiger partial charge in [-0.05, 0) is 42.8 Å². The minimum absolute atomic E-state index is 0.0527. The standard InChI is InChI=1S/C17H21NO2S/c1-17(2,15-4-3-11-21-15)16(20)18-10-9-13-5-7-14(12-19)8-6-13/h3-8,11,19H,9-10,12H2,1-2H3,(H,18,20). The van der Waals surface area contributed by atoms with E-state index in [1.165, 1.54) is 0 Å². The summed E-state index contributed by atoms with van der Waals surface area (Å²) in [5.41, 5.74) is 1.57. The molecule has 1 aromatic carbocycles. The van der Waals surface area contributed by atoms with Gasteiger partial charge in [-0.25, -0.2) is 0 Å². The summed E-state index contributed by atoms with van der Waals surface area (Å²) in [7, 11) is 0. The molecule has 112 valence electrons. The van der Waals surface area contributed by atoms with Crippen molar-refractivity contribution in [3.8, 4) is 0 Å². The molecule has 0 fully saturated rings. The largest absolute Gasteiger partial charge is 0.392 e. The van der Waals surface area contributed by atoms with Crippen molar-refractivity contribution in [3.05, 3.63) is 57.8 Å². The third-order valence-electron chi connectivity index (χ3n) is 3.61. The fourth-order valence-electron chi connectivity index (χ4n) is 2.10. The van der Waals surface area contributed by atoms with Crippen LogP contribution in [0.15, 0.2) is 41.8 Å². The second-order valence-corrected chi connectivity index (χ2v) is 6.53. The molecule has 0 bridgehead atoms. The fourth-order valence-corrected chi connectivity index (χ4v) is 2.95. The average Bonchev–Trinajstić information content (AvgIpc) is 3.02. The number of thiophene rings is 1. The molecular formula is C17H21NO2S. The van der Waals surface area contributed by atoms with Crippen molar-refractivity contribution in [3.63, 3.8) is 0 Å². The minimum Gasteiger partial charge on any atom is -0.392 e. The van der Waals surface area contributed by atoms with E-state index >= 15 is 0 Å². The van der Waals surface area contributed by atoms with E-state index in [4.69, 9.17) is 5.11 Å². The molecule has 1 amide bonds. The molecule has 1 aromatic heterocycles. The van der Waals surface area contributed by atoms with Crippen LogP contribution in [0.1, 0.15) is 29.9 Å². The Balaban J connectivity index is 1.86. The topological polar surface area (TPSA) is 49.3 Å². The van der Waals surface area contributed by atoms with Crippen LogP contribution in [-0.2, 0) is 23.2 Å². The van der Waals surface area contributed by atoms with Crippen molar-refractivity contribution in [2.75, 3.05) is 6.54 Å². The number of hydrogen-bond donors (Lipinski definition) is 2.